The Labute approximate surface area is 209 Å². The fourth-order valence-electron chi connectivity index (χ4n) is 4.55. The Kier molecular flexibility index (Phi) is 7.95. The van der Waals surface area contributed by atoms with Gasteiger partial charge < -0.3 is 20.4 Å². The quantitative estimate of drug-likeness (QED) is 0.616. The normalized spacial score (nSPS) is 20.9. The Morgan fingerprint density at radius 2 is 1.12 bits per heavy atom. The largest absolute Gasteiger partial charge is 0.324 e. The van der Waals surface area contributed by atoms with Crippen LogP contribution >= 0.6 is 23.2 Å². The van der Waals surface area contributed by atoms with Gasteiger partial charge in [-0.15, -0.1) is 0 Å². The molecule has 0 bridgehead atoms. The molecule has 0 aliphatic carbocycles. The van der Waals surface area contributed by atoms with Gasteiger partial charge in [-0.3, -0.25) is 9.59 Å². The summed E-state index contributed by atoms with van der Waals surface area (Å²) in [5, 5.41) is 6.85. The van der Waals surface area contributed by atoms with E-state index in [1.807, 2.05) is 48.5 Å². The summed E-state index contributed by atoms with van der Waals surface area (Å²) in [6.45, 7) is 1.31. The van der Waals surface area contributed by atoms with Gasteiger partial charge in [0.05, 0.1) is 13.3 Å². The molecule has 2 aromatic carbocycles. The van der Waals surface area contributed by atoms with Crippen LogP contribution in [0.1, 0.15) is 48.6 Å². The summed E-state index contributed by atoms with van der Waals surface area (Å²) in [4.78, 5) is 40.4. The Bertz CT molecular complexity index is 948. The summed E-state index contributed by atoms with van der Waals surface area (Å²) in [6.07, 6.45) is 2.42. The van der Waals surface area contributed by atoms with Crippen LogP contribution in [0, 0.1) is 0 Å². The van der Waals surface area contributed by atoms with E-state index >= 15 is 0 Å². The van der Waals surface area contributed by atoms with Crippen LogP contribution in [-0.4, -0.2) is 54.1 Å². The van der Waals surface area contributed by atoms with E-state index in [4.69, 9.17) is 23.2 Å². The number of piperidine rings is 2. The van der Waals surface area contributed by atoms with E-state index < -0.39 is 6.03 Å². The molecular formula is C25H28Cl2N4O3. The standard InChI is InChI=1S/C25H28Cl2N4O3/c26-21-7-1-17(2-8-21)19-5-11-23(32)30(13-19)15-28-25(34)29-16-31-14-20(6-12-24(31)33)18-3-9-22(27)10-4-18/h1-4,7-10,19-20H,5-6,11-16H2,(H2,28,29,34). The van der Waals surface area contributed by atoms with Crippen molar-refractivity contribution >= 4 is 41.0 Å². The molecular weight excluding hydrogens is 475 g/mol. The molecule has 34 heavy (non-hydrogen) atoms. The molecule has 2 N–H and O–H groups in total. The molecule has 0 spiro atoms. The summed E-state index contributed by atoms with van der Waals surface area (Å²) in [7, 11) is 0. The number of nitrogens with zero attached hydrogens (tertiary/aromatic N) is 2. The highest BCUT2D eigenvalue weighted by molar-refractivity contribution is 6.30. The topological polar surface area (TPSA) is 81.8 Å². The number of halogens is 2. The van der Waals surface area contributed by atoms with Crippen molar-refractivity contribution in [1.82, 2.24) is 20.4 Å². The van der Waals surface area contributed by atoms with Crippen LogP contribution < -0.4 is 10.6 Å². The molecule has 2 aliphatic heterocycles. The van der Waals surface area contributed by atoms with Gasteiger partial charge in [0, 0.05) is 47.8 Å². The maximum Gasteiger partial charge on any atom is 0.317 e. The molecule has 0 saturated carbocycles. The molecule has 7 nitrogen and oxygen atoms in total. The van der Waals surface area contributed by atoms with Gasteiger partial charge in [-0.1, -0.05) is 47.5 Å². The van der Waals surface area contributed by atoms with E-state index in [1.54, 1.807) is 9.80 Å². The first-order valence-corrected chi connectivity index (χ1v) is 12.2. The van der Waals surface area contributed by atoms with E-state index in [-0.39, 0.29) is 37.0 Å². The number of amides is 4. The van der Waals surface area contributed by atoms with E-state index in [0.717, 1.165) is 24.0 Å². The van der Waals surface area contributed by atoms with Gasteiger partial charge in [0.25, 0.3) is 0 Å². The number of benzene rings is 2. The van der Waals surface area contributed by atoms with Crippen LogP contribution in [0.25, 0.3) is 0 Å². The van der Waals surface area contributed by atoms with Crippen molar-refractivity contribution < 1.29 is 14.4 Å². The molecule has 9 heteroatoms. The lowest BCUT2D eigenvalue weighted by molar-refractivity contribution is -0.134. The molecule has 180 valence electrons. The molecule has 2 heterocycles. The second-order valence-corrected chi connectivity index (χ2v) is 9.68. The Hall–Kier alpha value is -2.77. The molecule has 2 aromatic rings. The summed E-state index contributed by atoms with van der Waals surface area (Å²) in [5.41, 5.74) is 2.26. The van der Waals surface area contributed by atoms with Crippen molar-refractivity contribution in [1.29, 1.82) is 0 Å². The molecule has 2 aliphatic rings. The summed E-state index contributed by atoms with van der Waals surface area (Å²) >= 11 is 12.0. The molecule has 2 fully saturated rings. The summed E-state index contributed by atoms with van der Waals surface area (Å²) in [6, 6.07) is 14.9. The van der Waals surface area contributed by atoms with Crippen LogP contribution in [-0.2, 0) is 9.59 Å². The van der Waals surface area contributed by atoms with Gasteiger partial charge in [0.15, 0.2) is 0 Å². The summed E-state index contributed by atoms with van der Waals surface area (Å²) < 4.78 is 0. The number of nitrogens with one attached hydrogen (secondary N) is 2. The van der Waals surface area contributed by atoms with Gasteiger partial charge in [-0.05, 0) is 48.2 Å². The molecule has 4 rings (SSSR count). The van der Waals surface area contributed by atoms with Crippen molar-refractivity contribution in [3.05, 3.63) is 69.7 Å². The number of carbonyl (C=O) groups is 3. The number of hydrogen-bond donors (Lipinski definition) is 2. The first kappa shape index (κ1) is 24.4. The van der Waals surface area contributed by atoms with E-state index in [1.165, 1.54) is 0 Å². The second kappa shape index (κ2) is 11.1. The van der Waals surface area contributed by atoms with Gasteiger partial charge in [-0.25, -0.2) is 4.79 Å². The Balaban J connectivity index is 1.25. The highest BCUT2D eigenvalue weighted by atomic mass is 35.5. The van der Waals surface area contributed by atoms with Gasteiger partial charge >= 0.3 is 6.03 Å². The number of carbonyl (C=O) groups excluding carboxylic acids is 3. The monoisotopic (exact) mass is 502 g/mol. The lowest BCUT2D eigenvalue weighted by Gasteiger charge is -2.34. The van der Waals surface area contributed by atoms with Crippen LogP contribution in [0.2, 0.25) is 10.0 Å². The van der Waals surface area contributed by atoms with Gasteiger partial charge in [-0.2, -0.15) is 0 Å². The highest BCUT2D eigenvalue weighted by Crippen LogP contribution is 2.29. The summed E-state index contributed by atoms with van der Waals surface area (Å²) in [5.74, 6) is 0.441. The minimum Gasteiger partial charge on any atom is -0.324 e. The molecule has 4 amide bonds. The first-order valence-electron chi connectivity index (χ1n) is 11.5. The smallest absolute Gasteiger partial charge is 0.317 e. The first-order chi connectivity index (χ1) is 16.4. The zero-order valence-corrected chi connectivity index (χ0v) is 20.3. The molecule has 2 atom stereocenters. The fraction of sp³-hybridized carbons (Fsp3) is 0.400. The van der Waals surface area contributed by atoms with Crippen molar-refractivity contribution in [3.8, 4) is 0 Å². The van der Waals surface area contributed by atoms with Gasteiger partial charge in [0.1, 0.15) is 0 Å². The van der Waals surface area contributed by atoms with Crippen molar-refractivity contribution in [3.63, 3.8) is 0 Å². The van der Waals surface area contributed by atoms with E-state index in [2.05, 4.69) is 10.6 Å². The predicted molar refractivity (Wildman–Crippen MR) is 132 cm³/mol. The average molecular weight is 503 g/mol. The predicted octanol–water partition coefficient (Wildman–Crippen LogP) is 4.32. The Morgan fingerprint density at radius 1 is 0.735 bits per heavy atom. The maximum atomic E-state index is 12.4. The average Bonchev–Trinajstić information content (AvgIpc) is 2.84. The van der Waals surface area contributed by atoms with Crippen LogP contribution in [0.15, 0.2) is 48.5 Å². The van der Waals surface area contributed by atoms with Crippen molar-refractivity contribution in [2.75, 3.05) is 26.4 Å². The zero-order valence-electron chi connectivity index (χ0n) is 18.8. The number of likely N-dealkylation sites (tertiary alicyclic amines) is 2. The lowest BCUT2D eigenvalue weighted by Crippen LogP contribution is -2.51. The third-order valence-electron chi connectivity index (χ3n) is 6.54. The second-order valence-electron chi connectivity index (χ2n) is 8.81. The van der Waals surface area contributed by atoms with E-state index in [9.17, 15) is 14.4 Å². The van der Waals surface area contributed by atoms with Crippen molar-refractivity contribution in [2.24, 2.45) is 0 Å². The third kappa shape index (κ3) is 6.21. The third-order valence-corrected chi connectivity index (χ3v) is 7.05. The maximum absolute atomic E-state index is 12.4. The Morgan fingerprint density at radius 3 is 1.50 bits per heavy atom. The SMILES string of the molecule is O=C(NCN1CC(c2ccc(Cl)cc2)CCC1=O)NCN1CC(c2ccc(Cl)cc2)CCC1=O. The number of rotatable bonds is 6. The molecule has 2 unspecified atom stereocenters. The van der Waals surface area contributed by atoms with Gasteiger partial charge in [0.2, 0.25) is 11.8 Å². The van der Waals surface area contributed by atoms with E-state index in [0.29, 0.717) is 36.0 Å². The fourth-order valence-corrected chi connectivity index (χ4v) is 4.80. The van der Waals surface area contributed by atoms with Crippen LogP contribution in [0.3, 0.4) is 0 Å². The number of urea groups is 1. The molecule has 0 radical (unpaired) electrons. The zero-order chi connectivity index (χ0) is 24.1. The highest BCUT2D eigenvalue weighted by Gasteiger charge is 2.28. The van der Waals surface area contributed by atoms with Crippen LogP contribution in [0.4, 0.5) is 4.79 Å². The van der Waals surface area contributed by atoms with Crippen LogP contribution in [0.5, 0.6) is 0 Å². The minimum absolute atomic E-state index is 0.0162. The molecule has 2 saturated heterocycles. The number of hydrogen-bond acceptors (Lipinski definition) is 3. The lowest BCUT2D eigenvalue weighted by atomic mass is 9.90. The minimum atomic E-state index is -0.414. The molecule has 0 aromatic heterocycles. The van der Waals surface area contributed by atoms with Crippen molar-refractivity contribution in [2.45, 2.75) is 37.5 Å².